The second-order valence-corrected chi connectivity index (χ2v) is 8.47. The van der Waals surface area contributed by atoms with Crippen LogP contribution in [0.4, 0.5) is 5.82 Å². The number of halogens is 1. The highest BCUT2D eigenvalue weighted by atomic mass is 35.5. The largest absolute Gasteiger partial charge is 0.356 e. The van der Waals surface area contributed by atoms with Crippen LogP contribution in [-0.2, 0) is 0 Å². The van der Waals surface area contributed by atoms with Crippen molar-refractivity contribution >= 4 is 39.0 Å². The number of anilines is 1. The normalized spacial score (nSPS) is 19.1. The summed E-state index contributed by atoms with van der Waals surface area (Å²) in [7, 11) is 2.15. The fourth-order valence-electron chi connectivity index (χ4n) is 3.21. The Morgan fingerprint density at radius 1 is 1.29 bits per heavy atom. The van der Waals surface area contributed by atoms with Crippen molar-refractivity contribution in [2.45, 2.75) is 52.5 Å². The van der Waals surface area contributed by atoms with E-state index < -0.39 is 0 Å². The summed E-state index contributed by atoms with van der Waals surface area (Å²) in [6, 6.07) is 2.72. The fraction of sp³-hybridized carbons (Fsp3) is 0.625. The first-order valence-corrected chi connectivity index (χ1v) is 8.72. The molecule has 0 N–H and O–H groups in total. The van der Waals surface area contributed by atoms with Crippen molar-refractivity contribution in [3.63, 3.8) is 0 Å². The van der Waals surface area contributed by atoms with Crippen molar-refractivity contribution in [2.75, 3.05) is 11.9 Å². The van der Waals surface area contributed by atoms with Crippen molar-refractivity contribution in [3.8, 4) is 0 Å². The van der Waals surface area contributed by atoms with E-state index in [0.717, 1.165) is 16.0 Å². The van der Waals surface area contributed by atoms with Gasteiger partial charge in [-0.2, -0.15) is 4.98 Å². The number of fused-ring (bicyclic) bond motifs is 1. The van der Waals surface area contributed by atoms with Crippen LogP contribution in [0.3, 0.4) is 0 Å². The van der Waals surface area contributed by atoms with Crippen molar-refractivity contribution in [2.24, 2.45) is 5.41 Å². The Hall–Kier alpha value is -0.870. The monoisotopic (exact) mass is 323 g/mol. The highest BCUT2D eigenvalue weighted by Crippen LogP contribution is 2.39. The highest BCUT2D eigenvalue weighted by Gasteiger charge is 2.30. The van der Waals surface area contributed by atoms with Gasteiger partial charge in [0.2, 0.25) is 5.28 Å². The molecule has 0 amide bonds. The number of hydrogen-bond acceptors (Lipinski definition) is 4. The Labute approximate surface area is 135 Å². The summed E-state index contributed by atoms with van der Waals surface area (Å²) in [5, 5.41) is 1.48. The first-order valence-electron chi connectivity index (χ1n) is 7.52. The molecule has 5 heteroatoms. The van der Waals surface area contributed by atoms with E-state index in [2.05, 4.69) is 48.8 Å². The summed E-state index contributed by atoms with van der Waals surface area (Å²) in [5.74, 6) is 0.985. The number of hydrogen-bond donors (Lipinski definition) is 0. The Morgan fingerprint density at radius 3 is 2.62 bits per heavy atom. The van der Waals surface area contributed by atoms with Crippen molar-refractivity contribution in [1.29, 1.82) is 0 Å². The lowest BCUT2D eigenvalue weighted by molar-refractivity contribution is 0.222. The molecule has 3 rings (SSSR count). The Morgan fingerprint density at radius 2 is 1.95 bits per heavy atom. The van der Waals surface area contributed by atoms with E-state index in [1.54, 1.807) is 11.3 Å². The minimum absolute atomic E-state index is 0.349. The molecule has 2 heterocycles. The van der Waals surface area contributed by atoms with Crippen molar-refractivity contribution in [1.82, 2.24) is 9.97 Å². The van der Waals surface area contributed by atoms with Crippen LogP contribution < -0.4 is 4.90 Å². The van der Waals surface area contributed by atoms with Crippen LogP contribution >= 0.6 is 22.9 Å². The molecule has 0 aromatic carbocycles. The van der Waals surface area contributed by atoms with Crippen LogP contribution in [0.1, 0.15) is 44.4 Å². The van der Waals surface area contributed by atoms with E-state index in [-0.39, 0.29) is 0 Å². The summed E-state index contributed by atoms with van der Waals surface area (Å²) in [6.45, 7) is 6.84. The minimum Gasteiger partial charge on any atom is -0.356 e. The van der Waals surface area contributed by atoms with Crippen LogP contribution in [0.2, 0.25) is 5.28 Å². The SMILES string of the molecule is Cc1cc2c(N(C)C3CCC(C)(C)CC3)nc(Cl)nc2s1. The number of nitrogens with zero attached hydrogens (tertiary/aromatic N) is 3. The van der Waals surface area contributed by atoms with Gasteiger partial charge < -0.3 is 4.90 Å². The van der Waals surface area contributed by atoms with Gasteiger partial charge in [-0.3, -0.25) is 0 Å². The first-order chi connectivity index (χ1) is 9.85. The average Bonchev–Trinajstić information content (AvgIpc) is 2.77. The van der Waals surface area contributed by atoms with E-state index in [1.165, 1.54) is 30.6 Å². The van der Waals surface area contributed by atoms with Gasteiger partial charge in [-0.05, 0) is 55.7 Å². The maximum atomic E-state index is 6.12. The molecule has 0 unspecified atom stereocenters. The number of aryl methyl sites for hydroxylation is 1. The molecule has 0 spiro atoms. The van der Waals surface area contributed by atoms with Crippen molar-refractivity contribution < 1.29 is 0 Å². The quantitative estimate of drug-likeness (QED) is 0.723. The fourth-order valence-corrected chi connectivity index (χ4v) is 4.30. The molecule has 0 radical (unpaired) electrons. The Kier molecular flexibility index (Phi) is 3.87. The van der Waals surface area contributed by atoms with Crippen LogP contribution in [-0.4, -0.2) is 23.1 Å². The highest BCUT2D eigenvalue weighted by molar-refractivity contribution is 7.18. The molecule has 1 aliphatic rings. The van der Waals surface area contributed by atoms with Crippen LogP contribution in [0.25, 0.3) is 10.2 Å². The lowest BCUT2D eigenvalue weighted by atomic mass is 9.75. The average molecular weight is 324 g/mol. The molecule has 0 bridgehead atoms. The van der Waals surface area contributed by atoms with Gasteiger partial charge in [0.25, 0.3) is 0 Å². The predicted octanol–water partition coefficient (Wildman–Crippen LogP) is 5.06. The second-order valence-electron chi connectivity index (χ2n) is 6.90. The molecule has 1 saturated carbocycles. The number of rotatable bonds is 2. The van der Waals surface area contributed by atoms with Gasteiger partial charge in [0.05, 0.1) is 5.39 Å². The molecule has 0 saturated heterocycles. The third-order valence-corrected chi connectivity index (χ3v) is 5.77. The van der Waals surface area contributed by atoms with Gasteiger partial charge in [0, 0.05) is 18.0 Å². The van der Waals surface area contributed by atoms with Gasteiger partial charge in [-0.1, -0.05) is 13.8 Å². The molecule has 114 valence electrons. The summed E-state index contributed by atoms with van der Waals surface area (Å²) < 4.78 is 0. The number of thiophene rings is 1. The van der Waals surface area contributed by atoms with E-state index >= 15 is 0 Å². The van der Waals surface area contributed by atoms with Crippen LogP contribution in [0.5, 0.6) is 0 Å². The van der Waals surface area contributed by atoms with E-state index in [4.69, 9.17) is 11.6 Å². The molecule has 21 heavy (non-hydrogen) atoms. The maximum absolute atomic E-state index is 6.12. The third kappa shape index (κ3) is 3.02. The predicted molar refractivity (Wildman–Crippen MR) is 91.6 cm³/mol. The zero-order chi connectivity index (χ0) is 15.2. The zero-order valence-corrected chi connectivity index (χ0v) is 14.7. The Bertz CT molecular complexity index is 655. The second kappa shape index (κ2) is 5.40. The zero-order valence-electron chi connectivity index (χ0n) is 13.1. The smallest absolute Gasteiger partial charge is 0.225 e. The molecule has 2 aromatic rings. The molecule has 2 aromatic heterocycles. The van der Waals surface area contributed by atoms with Gasteiger partial charge in [0.1, 0.15) is 10.6 Å². The van der Waals surface area contributed by atoms with Crippen molar-refractivity contribution in [3.05, 3.63) is 16.2 Å². The molecular weight excluding hydrogens is 302 g/mol. The summed E-state index contributed by atoms with van der Waals surface area (Å²) in [4.78, 5) is 13.4. The minimum atomic E-state index is 0.349. The lowest BCUT2D eigenvalue weighted by Gasteiger charge is -2.39. The first kappa shape index (κ1) is 15.0. The van der Waals surface area contributed by atoms with E-state index in [1.807, 2.05) is 0 Å². The lowest BCUT2D eigenvalue weighted by Crippen LogP contribution is -2.37. The topological polar surface area (TPSA) is 29.0 Å². The summed E-state index contributed by atoms with van der Waals surface area (Å²) >= 11 is 7.80. The van der Waals surface area contributed by atoms with E-state index in [9.17, 15) is 0 Å². The van der Waals surface area contributed by atoms with Gasteiger partial charge in [-0.25, -0.2) is 4.98 Å². The molecular formula is C16H22ClN3S. The van der Waals surface area contributed by atoms with Gasteiger partial charge in [0.15, 0.2) is 0 Å². The molecule has 3 nitrogen and oxygen atoms in total. The Balaban J connectivity index is 1.93. The van der Waals surface area contributed by atoms with Crippen LogP contribution in [0, 0.1) is 12.3 Å². The standard InChI is InChI=1S/C16H22ClN3S/c1-10-9-12-13(18-15(17)19-14(12)21-10)20(4)11-5-7-16(2,3)8-6-11/h9,11H,5-8H2,1-4H3. The van der Waals surface area contributed by atoms with Gasteiger partial charge >= 0.3 is 0 Å². The molecule has 1 fully saturated rings. The number of aromatic nitrogens is 2. The maximum Gasteiger partial charge on any atom is 0.225 e. The third-order valence-electron chi connectivity index (χ3n) is 4.66. The molecule has 0 atom stereocenters. The van der Waals surface area contributed by atoms with Crippen LogP contribution in [0.15, 0.2) is 6.07 Å². The summed E-state index contributed by atoms with van der Waals surface area (Å²) in [5.41, 5.74) is 0.481. The van der Waals surface area contributed by atoms with E-state index in [0.29, 0.717) is 16.7 Å². The van der Waals surface area contributed by atoms with Gasteiger partial charge in [-0.15, -0.1) is 11.3 Å². The molecule has 0 aliphatic heterocycles. The summed E-state index contributed by atoms with van der Waals surface area (Å²) in [6.07, 6.45) is 4.98. The molecule has 1 aliphatic carbocycles.